The van der Waals surface area contributed by atoms with Crippen LogP contribution >= 0.6 is 27.5 Å². The number of halogens is 4. The fourth-order valence-electron chi connectivity index (χ4n) is 2.94. The van der Waals surface area contributed by atoms with Crippen LogP contribution < -0.4 is 15.4 Å². The molecule has 0 spiro atoms. The molecular formula is C23H18BrClF2N2O3. The molecule has 0 unspecified atom stereocenters. The molecule has 0 aliphatic carbocycles. The highest BCUT2D eigenvalue weighted by Gasteiger charge is 2.21. The highest BCUT2D eigenvalue weighted by molar-refractivity contribution is 9.10. The van der Waals surface area contributed by atoms with Crippen LogP contribution in [-0.4, -0.2) is 11.9 Å². The first-order valence-electron chi connectivity index (χ1n) is 9.38. The Morgan fingerprint density at radius 2 is 1.69 bits per heavy atom. The number of hydrogen-bond donors (Lipinski definition) is 2. The Labute approximate surface area is 196 Å². The van der Waals surface area contributed by atoms with Gasteiger partial charge in [0.25, 0.3) is 5.91 Å². The van der Waals surface area contributed by atoms with E-state index in [-0.39, 0.29) is 5.02 Å². The van der Waals surface area contributed by atoms with Gasteiger partial charge in [-0.25, -0.2) is 13.6 Å². The van der Waals surface area contributed by atoms with Crippen LogP contribution in [0.5, 0.6) is 11.5 Å². The molecule has 166 valence electrons. The summed E-state index contributed by atoms with van der Waals surface area (Å²) in [6, 6.07) is 9.22. The lowest BCUT2D eigenvalue weighted by molar-refractivity contribution is 0.0959. The van der Waals surface area contributed by atoms with E-state index < -0.39 is 29.1 Å². The molecule has 9 heteroatoms. The SMILES string of the molecule is Cc1ccc(Oc2c(C)cc(NC(=O)NC(=O)c3c(F)cccc3F)c(C)c2Cl)c(Br)c1. The number of amides is 3. The molecule has 0 atom stereocenters. The number of benzene rings is 3. The number of nitrogens with one attached hydrogen (secondary N) is 2. The molecule has 32 heavy (non-hydrogen) atoms. The second-order valence-corrected chi connectivity index (χ2v) is 8.28. The van der Waals surface area contributed by atoms with Crippen molar-refractivity contribution in [1.82, 2.24) is 5.32 Å². The largest absolute Gasteiger partial charge is 0.454 e. The highest BCUT2D eigenvalue weighted by Crippen LogP contribution is 2.40. The Morgan fingerprint density at radius 3 is 2.31 bits per heavy atom. The van der Waals surface area contributed by atoms with Crippen LogP contribution in [-0.2, 0) is 0 Å². The summed E-state index contributed by atoms with van der Waals surface area (Å²) >= 11 is 9.94. The Bertz CT molecular complexity index is 1210. The van der Waals surface area contributed by atoms with Crippen LogP contribution in [0.2, 0.25) is 5.02 Å². The lowest BCUT2D eigenvalue weighted by Gasteiger charge is -2.17. The Morgan fingerprint density at radius 1 is 1.03 bits per heavy atom. The van der Waals surface area contributed by atoms with Crippen molar-refractivity contribution in [3.05, 3.63) is 85.8 Å². The second kappa shape index (κ2) is 9.67. The van der Waals surface area contributed by atoms with E-state index in [2.05, 4.69) is 21.2 Å². The molecule has 0 heterocycles. The molecular weight excluding hydrogens is 506 g/mol. The molecule has 0 aromatic heterocycles. The van der Waals surface area contributed by atoms with Crippen LogP contribution in [0.1, 0.15) is 27.0 Å². The average Bonchev–Trinajstić information content (AvgIpc) is 2.70. The number of carbonyl (C=O) groups is 2. The molecule has 0 saturated carbocycles. The molecule has 0 bridgehead atoms. The number of anilines is 1. The molecule has 0 aliphatic heterocycles. The van der Waals surface area contributed by atoms with E-state index >= 15 is 0 Å². The molecule has 3 aromatic carbocycles. The molecule has 0 radical (unpaired) electrons. The number of hydrogen-bond acceptors (Lipinski definition) is 3. The summed E-state index contributed by atoms with van der Waals surface area (Å²) in [5, 5.41) is 4.65. The molecule has 5 nitrogen and oxygen atoms in total. The summed E-state index contributed by atoms with van der Waals surface area (Å²) in [7, 11) is 0. The highest BCUT2D eigenvalue weighted by atomic mass is 79.9. The average molecular weight is 524 g/mol. The van der Waals surface area contributed by atoms with Crippen molar-refractivity contribution in [3.8, 4) is 11.5 Å². The summed E-state index contributed by atoms with van der Waals surface area (Å²) in [5.41, 5.74) is 1.62. The van der Waals surface area contributed by atoms with E-state index in [0.29, 0.717) is 28.3 Å². The van der Waals surface area contributed by atoms with Gasteiger partial charge in [-0.3, -0.25) is 10.1 Å². The van der Waals surface area contributed by atoms with Crippen LogP contribution in [0.4, 0.5) is 19.3 Å². The van der Waals surface area contributed by atoms with E-state index in [4.69, 9.17) is 16.3 Å². The summed E-state index contributed by atoms with van der Waals surface area (Å²) in [4.78, 5) is 24.4. The molecule has 3 amide bonds. The quantitative estimate of drug-likeness (QED) is 0.385. The van der Waals surface area contributed by atoms with Gasteiger partial charge in [-0.2, -0.15) is 0 Å². The first-order chi connectivity index (χ1) is 15.1. The fourth-order valence-corrected chi connectivity index (χ4v) is 3.80. The smallest absolute Gasteiger partial charge is 0.326 e. The lowest BCUT2D eigenvalue weighted by atomic mass is 10.1. The monoisotopic (exact) mass is 522 g/mol. The number of carbonyl (C=O) groups excluding carboxylic acids is 2. The minimum atomic E-state index is -1.21. The number of aryl methyl sites for hydroxylation is 2. The number of rotatable bonds is 4. The van der Waals surface area contributed by atoms with E-state index in [0.717, 1.165) is 28.2 Å². The minimum Gasteiger partial charge on any atom is -0.454 e. The Hall–Kier alpha value is -2.97. The van der Waals surface area contributed by atoms with Gasteiger partial charge in [-0.1, -0.05) is 23.7 Å². The maximum atomic E-state index is 13.8. The van der Waals surface area contributed by atoms with Crippen molar-refractivity contribution in [2.45, 2.75) is 20.8 Å². The van der Waals surface area contributed by atoms with Gasteiger partial charge in [0.1, 0.15) is 28.7 Å². The fraction of sp³-hybridized carbons (Fsp3) is 0.130. The van der Waals surface area contributed by atoms with E-state index in [1.165, 1.54) is 0 Å². The van der Waals surface area contributed by atoms with Gasteiger partial charge in [-0.15, -0.1) is 0 Å². The molecule has 2 N–H and O–H groups in total. The maximum absolute atomic E-state index is 13.8. The van der Waals surface area contributed by atoms with Crippen molar-refractivity contribution in [2.24, 2.45) is 0 Å². The lowest BCUT2D eigenvalue weighted by Crippen LogP contribution is -2.35. The predicted octanol–water partition coefficient (Wildman–Crippen LogP) is 7.06. The summed E-state index contributed by atoms with van der Waals surface area (Å²) in [5.74, 6) is -2.38. The first kappa shape index (κ1) is 23.7. The molecule has 0 aliphatic rings. The number of imide groups is 1. The summed E-state index contributed by atoms with van der Waals surface area (Å²) in [6.07, 6.45) is 0. The number of ether oxygens (including phenoxy) is 1. The standard InChI is InChI=1S/C23H18BrClF2N2O3/c1-11-7-8-18(14(24)9-11)32-21-12(2)10-17(13(3)20(21)25)28-23(31)29-22(30)19-15(26)5-4-6-16(19)27/h4-10H,1-3H3,(H2,28,29,30,31). The van der Waals surface area contributed by atoms with Crippen molar-refractivity contribution in [2.75, 3.05) is 5.32 Å². The van der Waals surface area contributed by atoms with Gasteiger partial charge in [0.15, 0.2) is 0 Å². The van der Waals surface area contributed by atoms with Crippen molar-refractivity contribution >= 4 is 45.2 Å². The molecule has 0 fully saturated rings. The zero-order chi connectivity index (χ0) is 23.6. The third-order valence-electron chi connectivity index (χ3n) is 4.62. The Balaban J connectivity index is 1.80. The van der Waals surface area contributed by atoms with Gasteiger partial charge in [0.2, 0.25) is 0 Å². The summed E-state index contributed by atoms with van der Waals surface area (Å²) in [6.45, 7) is 5.35. The van der Waals surface area contributed by atoms with Crippen molar-refractivity contribution < 1.29 is 23.1 Å². The summed E-state index contributed by atoms with van der Waals surface area (Å²) < 4.78 is 34.2. The van der Waals surface area contributed by atoms with Gasteiger partial charge >= 0.3 is 6.03 Å². The number of urea groups is 1. The van der Waals surface area contributed by atoms with E-state index in [1.54, 1.807) is 26.0 Å². The molecule has 0 saturated heterocycles. The molecule has 3 rings (SSSR count). The van der Waals surface area contributed by atoms with Gasteiger partial charge < -0.3 is 10.1 Å². The zero-order valence-corrected chi connectivity index (χ0v) is 19.6. The third-order valence-corrected chi connectivity index (χ3v) is 5.69. The zero-order valence-electron chi connectivity index (χ0n) is 17.3. The second-order valence-electron chi connectivity index (χ2n) is 7.05. The van der Waals surface area contributed by atoms with Crippen molar-refractivity contribution in [3.63, 3.8) is 0 Å². The third kappa shape index (κ3) is 5.08. The molecule has 3 aromatic rings. The van der Waals surface area contributed by atoms with Crippen LogP contribution in [0.25, 0.3) is 0 Å². The van der Waals surface area contributed by atoms with Crippen LogP contribution in [0.3, 0.4) is 0 Å². The van der Waals surface area contributed by atoms with Crippen LogP contribution in [0, 0.1) is 32.4 Å². The van der Waals surface area contributed by atoms with E-state index in [9.17, 15) is 18.4 Å². The minimum absolute atomic E-state index is 0.263. The van der Waals surface area contributed by atoms with Gasteiger partial charge in [0.05, 0.1) is 9.50 Å². The predicted molar refractivity (Wildman–Crippen MR) is 123 cm³/mol. The van der Waals surface area contributed by atoms with Gasteiger partial charge in [0, 0.05) is 5.69 Å². The van der Waals surface area contributed by atoms with Gasteiger partial charge in [-0.05, 0) is 83.7 Å². The normalized spacial score (nSPS) is 10.6. The first-order valence-corrected chi connectivity index (χ1v) is 10.6. The topological polar surface area (TPSA) is 67.4 Å². The van der Waals surface area contributed by atoms with Crippen LogP contribution in [0.15, 0.2) is 46.9 Å². The maximum Gasteiger partial charge on any atom is 0.326 e. The Kier molecular flexibility index (Phi) is 7.16. The van der Waals surface area contributed by atoms with E-state index in [1.807, 2.05) is 24.4 Å². The van der Waals surface area contributed by atoms with Crippen molar-refractivity contribution in [1.29, 1.82) is 0 Å².